The number of rotatable bonds is 1. The molecule has 0 aromatic heterocycles. The second-order valence-corrected chi connectivity index (χ2v) is 7.39. The quantitative estimate of drug-likeness (QED) is 0.759. The van der Waals surface area contributed by atoms with Crippen LogP contribution in [0.25, 0.3) is 0 Å². The average molecular weight is 269 g/mol. The highest BCUT2D eigenvalue weighted by Crippen LogP contribution is 2.62. The highest BCUT2D eigenvalue weighted by Gasteiger charge is 2.58. The van der Waals surface area contributed by atoms with Gasteiger partial charge in [-0.1, -0.05) is 32.0 Å². The van der Waals surface area contributed by atoms with Crippen LogP contribution in [0.1, 0.15) is 37.8 Å². The molecule has 4 aliphatic rings. The van der Waals surface area contributed by atoms with Gasteiger partial charge in [-0.15, -0.1) is 0 Å². The summed E-state index contributed by atoms with van der Waals surface area (Å²) in [4.78, 5) is 4.98. The SMILES string of the molecule is Cc1ccccc1C1=N[C@H]2C[C@H]3C[C@@H]([C@H]2CO1)C3(C)C. The van der Waals surface area contributed by atoms with Crippen molar-refractivity contribution in [1.82, 2.24) is 0 Å². The Hall–Kier alpha value is -1.31. The van der Waals surface area contributed by atoms with Crippen molar-refractivity contribution in [2.75, 3.05) is 6.61 Å². The first kappa shape index (κ1) is 12.4. The Labute approximate surface area is 121 Å². The van der Waals surface area contributed by atoms with E-state index in [9.17, 15) is 0 Å². The standard InChI is InChI=1S/C18H23NO/c1-11-6-4-5-7-13(11)17-19-16-9-12-8-15(18(12,2)3)14(16)10-20-17/h4-7,12,14-16H,8-10H2,1-3H3/t12-,14-,15+,16+/m1/s1. The molecule has 5 rings (SSSR count). The van der Waals surface area contributed by atoms with E-state index in [1.807, 2.05) is 0 Å². The molecule has 106 valence electrons. The molecule has 0 N–H and O–H groups in total. The molecule has 2 nitrogen and oxygen atoms in total. The van der Waals surface area contributed by atoms with Crippen molar-refractivity contribution in [2.24, 2.45) is 28.2 Å². The average Bonchev–Trinajstić information content (AvgIpc) is 2.46. The van der Waals surface area contributed by atoms with E-state index in [1.54, 1.807) is 0 Å². The molecule has 0 radical (unpaired) electrons. The minimum absolute atomic E-state index is 0.495. The van der Waals surface area contributed by atoms with Gasteiger partial charge in [0.1, 0.15) is 0 Å². The lowest BCUT2D eigenvalue weighted by atomic mass is 9.44. The molecule has 0 amide bonds. The van der Waals surface area contributed by atoms with Gasteiger partial charge in [0, 0.05) is 11.5 Å². The summed E-state index contributed by atoms with van der Waals surface area (Å²) in [7, 11) is 0. The Morgan fingerprint density at radius 2 is 2.00 bits per heavy atom. The molecular formula is C18H23NO. The molecule has 2 bridgehead atoms. The van der Waals surface area contributed by atoms with Crippen molar-refractivity contribution in [3.05, 3.63) is 35.4 Å². The van der Waals surface area contributed by atoms with Crippen LogP contribution in [0.2, 0.25) is 0 Å². The van der Waals surface area contributed by atoms with Crippen LogP contribution in [0.5, 0.6) is 0 Å². The Morgan fingerprint density at radius 3 is 2.75 bits per heavy atom. The second kappa shape index (κ2) is 4.09. The first-order valence-electron chi connectivity index (χ1n) is 7.84. The molecule has 1 aromatic carbocycles. The van der Waals surface area contributed by atoms with E-state index >= 15 is 0 Å². The van der Waals surface area contributed by atoms with E-state index in [-0.39, 0.29) is 0 Å². The Morgan fingerprint density at radius 1 is 1.20 bits per heavy atom. The number of hydrogen-bond acceptors (Lipinski definition) is 2. The Bertz CT molecular complexity index is 575. The molecule has 3 fully saturated rings. The summed E-state index contributed by atoms with van der Waals surface area (Å²) >= 11 is 0. The number of hydrogen-bond donors (Lipinski definition) is 0. The lowest BCUT2D eigenvalue weighted by molar-refractivity contribution is -0.129. The summed E-state index contributed by atoms with van der Waals surface area (Å²) in [6.45, 7) is 7.86. The maximum Gasteiger partial charge on any atom is 0.216 e. The van der Waals surface area contributed by atoms with Gasteiger partial charge in [-0.3, -0.25) is 0 Å². The van der Waals surface area contributed by atoms with Crippen LogP contribution in [0.3, 0.4) is 0 Å². The van der Waals surface area contributed by atoms with Crippen molar-refractivity contribution in [1.29, 1.82) is 0 Å². The monoisotopic (exact) mass is 269 g/mol. The highest BCUT2D eigenvalue weighted by molar-refractivity contribution is 5.96. The summed E-state index contributed by atoms with van der Waals surface area (Å²) in [6.07, 6.45) is 2.65. The number of ether oxygens (including phenoxy) is 1. The lowest BCUT2D eigenvalue weighted by Crippen LogP contribution is -2.59. The van der Waals surface area contributed by atoms with Crippen molar-refractivity contribution in [3.8, 4) is 0 Å². The van der Waals surface area contributed by atoms with Crippen LogP contribution >= 0.6 is 0 Å². The smallest absolute Gasteiger partial charge is 0.216 e. The predicted molar refractivity (Wildman–Crippen MR) is 80.9 cm³/mol. The summed E-state index contributed by atoms with van der Waals surface area (Å²) < 4.78 is 6.05. The molecule has 0 spiro atoms. The van der Waals surface area contributed by atoms with Crippen LogP contribution in [-0.2, 0) is 4.74 Å². The van der Waals surface area contributed by atoms with Crippen molar-refractivity contribution in [2.45, 2.75) is 39.7 Å². The van der Waals surface area contributed by atoms with E-state index in [1.165, 1.54) is 24.0 Å². The van der Waals surface area contributed by atoms with Gasteiger partial charge in [0.05, 0.1) is 12.6 Å². The molecule has 1 aromatic rings. The third-order valence-electron chi connectivity index (χ3n) is 6.15. The van der Waals surface area contributed by atoms with Gasteiger partial charge in [0.2, 0.25) is 5.90 Å². The molecule has 3 saturated carbocycles. The van der Waals surface area contributed by atoms with E-state index in [2.05, 4.69) is 45.0 Å². The van der Waals surface area contributed by atoms with Gasteiger partial charge in [-0.2, -0.15) is 0 Å². The zero-order chi connectivity index (χ0) is 13.9. The normalized spacial score (nSPS) is 37.2. The maximum atomic E-state index is 6.05. The van der Waals surface area contributed by atoms with E-state index in [4.69, 9.17) is 9.73 Å². The van der Waals surface area contributed by atoms with E-state index in [0.29, 0.717) is 17.4 Å². The van der Waals surface area contributed by atoms with Crippen molar-refractivity contribution < 1.29 is 4.74 Å². The van der Waals surface area contributed by atoms with Crippen LogP contribution < -0.4 is 0 Å². The number of benzene rings is 1. The predicted octanol–water partition coefficient (Wildman–Crippen LogP) is 3.82. The lowest BCUT2D eigenvalue weighted by Gasteiger charge is -2.62. The minimum atomic E-state index is 0.495. The van der Waals surface area contributed by atoms with Crippen LogP contribution in [0.4, 0.5) is 0 Å². The first-order valence-corrected chi connectivity index (χ1v) is 7.84. The second-order valence-electron chi connectivity index (χ2n) is 7.39. The largest absolute Gasteiger partial charge is 0.477 e. The van der Waals surface area contributed by atoms with Gasteiger partial charge in [0.15, 0.2) is 0 Å². The Balaban J connectivity index is 1.64. The van der Waals surface area contributed by atoms with E-state index in [0.717, 1.165) is 24.3 Å². The molecule has 0 saturated heterocycles. The highest BCUT2D eigenvalue weighted by atomic mass is 16.5. The van der Waals surface area contributed by atoms with Gasteiger partial charge in [0.25, 0.3) is 0 Å². The number of nitrogens with zero attached hydrogens (tertiary/aromatic N) is 1. The molecule has 2 heteroatoms. The topological polar surface area (TPSA) is 21.6 Å². The van der Waals surface area contributed by atoms with E-state index < -0.39 is 0 Å². The number of aryl methyl sites for hydroxylation is 1. The summed E-state index contributed by atoms with van der Waals surface area (Å²) in [5, 5.41) is 0. The number of aliphatic imine (C=N–C) groups is 1. The van der Waals surface area contributed by atoms with Crippen LogP contribution in [-0.4, -0.2) is 18.5 Å². The van der Waals surface area contributed by atoms with Crippen LogP contribution in [0, 0.1) is 30.1 Å². The molecule has 1 heterocycles. The third-order valence-corrected chi connectivity index (χ3v) is 6.15. The minimum Gasteiger partial charge on any atom is -0.477 e. The van der Waals surface area contributed by atoms with Gasteiger partial charge in [-0.25, -0.2) is 4.99 Å². The molecular weight excluding hydrogens is 246 g/mol. The molecule has 20 heavy (non-hydrogen) atoms. The fraction of sp³-hybridized carbons (Fsp3) is 0.611. The fourth-order valence-electron chi connectivity index (χ4n) is 4.62. The first-order chi connectivity index (χ1) is 9.57. The molecule has 4 atom stereocenters. The van der Waals surface area contributed by atoms with Gasteiger partial charge in [-0.05, 0) is 48.6 Å². The van der Waals surface area contributed by atoms with Crippen molar-refractivity contribution >= 4 is 5.90 Å². The summed E-state index contributed by atoms with van der Waals surface area (Å²) in [5.41, 5.74) is 2.94. The van der Waals surface area contributed by atoms with Crippen molar-refractivity contribution in [3.63, 3.8) is 0 Å². The summed E-state index contributed by atoms with van der Waals surface area (Å²) in [5.74, 6) is 3.20. The van der Waals surface area contributed by atoms with Crippen LogP contribution in [0.15, 0.2) is 29.3 Å². The van der Waals surface area contributed by atoms with Gasteiger partial charge < -0.3 is 4.74 Å². The molecule has 1 aliphatic heterocycles. The molecule has 3 aliphatic carbocycles. The third kappa shape index (κ3) is 1.60. The summed E-state index contributed by atoms with van der Waals surface area (Å²) in [6, 6.07) is 8.90. The molecule has 0 unspecified atom stereocenters. The zero-order valence-corrected chi connectivity index (χ0v) is 12.6. The zero-order valence-electron chi connectivity index (χ0n) is 12.6. The maximum absolute atomic E-state index is 6.05. The van der Waals surface area contributed by atoms with Gasteiger partial charge >= 0.3 is 0 Å². The fourth-order valence-corrected chi connectivity index (χ4v) is 4.62. The Kier molecular flexibility index (Phi) is 2.55.